The second kappa shape index (κ2) is 6.63. The molecule has 0 aromatic heterocycles. The number of phenols is 1. The van der Waals surface area contributed by atoms with Crippen LogP contribution in [0.25, 0.3) is 0 Å². The van der Waals surface area contributed by atoms with E-state index in [-0.39, 0.29) is 11.8 Å². The number of nitrogens with zero attached hydrogens (tertiary/aromatic N) is 2. The van der Waals surface area contributed by atoms with Gasteiger partial charge in [0.1, 0.15) is 12.3 Å². The number of carbonyl (C=O) groups excluding carboxylic acids is 1. The predicted octanol–water partition coefficient (Wildman–Crippen LogP) is 1.75. The largest absolute Gasteiger partial charge is 0.508 e. The topological polar surface area (TPSA) is 81.1 Å². The minimum atomic E-state index is -1.09. The lowest BCUT2D eigenvalue weighted by Crippen LogP contribution is -2.44. The lowest BCUT2D eigenvalue weighted by atomic mass is 10.2. The van der Waals surface area contributed by atoms with Gasteiger partial charge in [-0.1, -0.05) is 6.92 Å². The van der Waals surface area contributed by atoms with Crippen molar-refractivity contribution in [2.24, 2.45) is 0 Å². The molecule has 1 aromatic carbocycles. The van der Waals surface area contributed by atoms with E-state index in [0.717, 1.165) is 11.3 Å². The Balaban J connectivity index is 2.97. The van der Waals surface area contributed by atoms with Crippen molar-refractivity contribution in [3.63, 3.8) is 0 Å². The van der Waals surface area contributed by atoms with Crippen LogP contribution in [-0.4, -0.2) is 47.3 Å². The van der Waals surface area contributed by atoms with Crippen LogP contribution in [-0.2, 0) is 4.79 Å². The SMILES string of the molecule is CCCN(C)C(=O)N(CC(=O)O)c1ccc(O)cc1. The third-order valence-corrected chi connectivity index (χ3v) is 2.57. The van der Waals surface area contributed by atoms with Crippen molar-refractivity contribution in [3.8, 4) is 5.75 Å². The zero-order chi connectivity index (χ0) is 14.4. The minimum Gasteiger partial charge on any atom is -0.508 e. The van der Waals surface area contributed by atoms with Gasteiger partial charge in [0.25, 0.3) is 0 Å². The van der Waals surface area contributed by atoms with Crippen molar-refractivity contribution in [3.05, 3.63) is 24.3 Å². The molecule has 104 valence electrons. The number of carboxylic acid groups (broad SMARTS) is 1. The van der Waals surface area contributed by atoms with Crippen LogP contribution in [0.4, 0.5) is 10.5 Å². The molecule has 0 spiro atoms. The minimum absolute atomic E-state index is 0.0633. The van der Waals surface area contributed by atoms with E-state index in [4.69, 9.17) is 5.11 Å². The Labute approximate surface area is 111 Å². The molecule has 6 heteroatoms. The molecule has 2 N–H and O–H groups in total. The fraction of sp³-hybridized carbons (Fsp3) is 0.385. The number of urea groups is 1. The quantitative estimate of drug-likeness (QED) is 0.850. The molecule has 0 heterocycles. The molecule has 1 rings (SSSR count). The van der Waals surface area contributed by atoms with Gasteiger partial charge in [0.05, 0.1) is 0 Å². The van der Waals surface area contributed by atoms with Gasteiger partial charge in [0, 0.05) is 19.3 Å². The number of anilines is 1. The normalized spacial score (nSPS) is 10.0. The number of amides is 2. The molecule has 0 aliphatic carbocycles. The van der Waals surface area contributed by atoms with Gasteiger partial charge in [0.15, 0.2) is 0 Å². The fourth-order valence-corrected chi connectivity index (χ4v) is 1.67. The van der Waals surface area contributed by atoms with E-state index < -0.39 is 12.5 Å². The van der Waals surface area contributed by atoms with Crippen LogP contribution in [0.3, 0.4) is 0 Å². The summed E-state index contributed by atoms with van der Waals surface area (Å²) in [5, 5.41) is 18.1. The third-order valence-electron chi connectivity index (χ3n) is 2.57. The summed E-state index contributed by atoms with van der Waals surface area (Å²) in [6.07, 6.45) is 0.790. The zero-order valence-corrected chi connectivity index (χ0v) is 11.0. The molecule has 1 aromatic rings. The molecular formula is C13H18N2O4. The van der Waals surface area contributed by atoms with E-state index in [0.29, 0.717) is 12.2 Å². The second-order valence-corrected chi connectivity index (χ2v) is 4.20. The molecular weight excluding hydrogens is 248 g/mol. The summed E-state index contributed by atoms with van der Waals surface area (Å²) in [7, 11) is 1.63. The summed E-state index contributed by atoms with van der Waals surface area (Å²) in [5.74, 6) is -1.03. The van der Waals surface area contributed by atoms with E-state index in [2.05, 4.69) is 0 Å². The number of carboxylic acids is 1. The third kappa shape index (κ3) is 4.17. The Morgan fingerprint density at radius 2 is 1.79 bits per heavy atom. The Hall–Kier alpha value is -2.24. The molecule has 0 radical (unpaired) electrons. The highest BCUT2D eigenvalue weighted by Gasteiger charge is 2.21. The van der Waals surface area contributed by atoms with Crippen molar-refractivity contribution < 1.29 is 19.8 Å². The predicted molar refractivity (Wildman–Crippen MR) is 71.4 cm³/mol. The second-order valence-electron chi connectivity index (χ2n) is 4.20. The first kappa shape index (κ1) is 14.8. The van der Waals surface area contributed by atoms with Crippen LogP contribution in [0.15, 0.2) is 24.3 Å². The first-order valence-electron chi connectivity index (χ1n) is 5.99. The maximum atomic E-state index is 12.2. The average molecular weight is 266 g/mol. The Morgan fingerprint density at radius 3 is 2.26 bits per heavy atom. The van der Waals surface area contributed by atoms with Gasteiger partial charge in [-0.25, -0.2) is 4.79 Å². The van der Waals surface area contributed by atoms with Crippen molar-refractivity contribution >= 4 is 17.7 Å². The zero-order valence-electron chi connectivity index (χ0n) is 11.0. The summed E-state index contributed by atoms with van der Waals surface area (Å²) in [6, 6.07) is 5.47. The van der Waals surface area contributed by atoms with Gasteiger partial charge >= 0.3 is 12.0 Å². The van der Waals surface area contributed by atoms with Crippen molar-refractivity contribution in [2.75, 3.05) is 25.0 Å². The first-order valence-corrected chi connectivity index (χ1v) is 5.99. The number of rotatable bonds is 5. The van der Waals surface area contributed by atoms with Crippen molar-refractivity contribution in [2.45, 2.75) is 13.3 Å². The standard InChI is InChI=1S/C13H18N2O4/c1-3-8-14(2)13(19)15(9-12(17)18)10-4-6-11(16)7-5-10/h4-7,16H,3,8-9H2,1-2H3,(H,17,18). The number of carbonyl (C=O) groups is 2. The summed E-state index contributed by atoms with van der Waals surface area (Å²) >= 11 is 0. The number of hydrogen-bond acceptors (Lipinski definition) is 3. The summed E-state index contributed by atoms with van der Waals surface area (Å²) in [4.78, 5) is 25.7. The maximum absolute atomic E-state index is 12.2. The summed E-state index contributed by atoms with van der Waals surface area (Å²) in [5.41, 5.74) is 0.438. The van der Waals surface area contributed by atoms with Crippen LogP contribution in [0, 0.1) is 0 Å². The highest BCUT2D eigenvalue weighted by molar-refractivity contribution is 5.96. The van der Waals surface area contributed by atoms with Gasteiger partial charge in [-0.15, -0.1) is 0 Å². The fourth-order valence-electron chi connectivity index (χ4n) is 1.67. The highest BCUT2D eigenvalue weighted by atomic mass is 16.4. The van der Waals surface area contributed by atoms with Gasteiger partial charge in [0.2, 0.25) is 0 Å². The summed E-state index contributed by atoms with van der Waals surface area (Å²) < 4.78 is 0. The van der Waals surface area contributed by atoms with Crippen LogP contribution >= 0.6 is 0 Å². The molecule has 6 nitrogen and oxygen atoms in total. The smallest absolute Gasteiger partial charge is 0.324 e. The van der Waals surface area contributed by atoms with E-state index in [1.54, 1.807) is 7.05 Å². The maximum Gasteiger partial charge on any atom is 0.324 e. The molecule has 0 saturated heterocycles. The van der Waals surface area contributed by atoms with Crippen LogP contribution in [0.1, 0.15) is 13.3 Å². The number of aromatic hydroxyl groups is 1. The highest BCUT2D eigenvalue weighted by Crippen LogP contribution is 2.19. The molecule has 0 fully saturated rings. The summed E-state index contributed by atoms with van der Waals surface area (Å²) in [6.45, 7) is 2.07. The van der Waals surface area contributed by atoms with E-state index >= 15 is 0 Å². The van der Waals surface area contributed by atoms with E-state index in [9.17, 15) is 14.7 Å². The van der Waals surface area contributed by atoms with Crippen LogP contribution in [0.5, 0.6) is 5.75 Å². The molecule has 0 aliphatic rings. The number of aliphatic carboxylic acids is 1. The average Bonchev–Trinajstić information content (AvgIpc) is 2.36. The van der Waals surface area contributed by atoms with Gasteiger partial charge in [-0.05, 0) is 30.7 Å². The van der Waals surface area contributed by atoms with Gasteiger partial charge in [-0.3, -0.25) is 9.69 Å². The molecule has 0 atom stereocenters. The monoisotopic (exact) mass is 266 g/mol. The number of hydrogen-bond donors (Lipinski definition) is 2. The molecule has 0 saturated carbocycles. The lowest BCUT2D eigenvalue weighted by molar-refractivity contribution is -0.135. The Kier molecular flexibility index (Phi) is 5.17. The first-order chi connectivity index (χ1) is 8.95. The van der Waals surface area contributed by atoms with Gasteiger partial charge < -0.3 is 15.1 Å². The Bertz CT molecular complexity index is 444. The Morgan fingerprint density at radius 1 is 1.21 bits per heavy atom. The number of phenolic OH excluding ortho intramolecular Hbond substituents is 1. The van der Waals surface area contributed by atoms with Gasteiger partial charge in [-0.2, -0.15) is 0 Å². The lowest BCUT2D eigenvalue weighted by Gasteiger charge is -2.26. The molecule has 0 unspecified atom stereocenters. The van der Waals surface area contributed by atoms with Crippen LogP contribution in [0.2, 0.25) is 0 Å². The van der Waals surface area contributed by atoms with Crippen molar-refractivity contribution in [1.82, 2.24) is 4.90 Å². The number of benzene rings is 1. The molecule has 2 amide bonds. The van der Waals surface area contributed by atoms with E-state index in [1.165, 1.54) is 29.2 Å². The molecule has 19 heavy (non-hydrogen) atoms. The van der Waals surface area contributed by atoms with Crippen LogP contribution < -0.4 is 4.90 Å². The van der Waals surface area contributed by atoms with E-state index in [1.807, 2.05) is 6.92 Å². The van der Waals surface area contributed by atoms with Crippen molar-refractivity contribution in [1.29, 1.82) is 0 Å². The molecule has 0 bridgehead atoms. The molecule has 0 aliphatic heterocycles.